The zero-order valence-electron chi connectivity index (χ0n) is 11.5. The van der Waals surface area contributed by atoms with E-state index in [1.807, 2.05) is 36.0 Å². The van der Waals surface area contributed by atoms with Gasteiger partial charge < -0.3 is 5.32 Å². The van der Waals surface area contributed by atoms with Crippen molar-refractivity contribution in [1.82, 2.24) is 0 Å². The molecule has 1 aromatic carbocycles. The van der Waals surface area contributed by atoms with Gasteiger partial charge in [-0.1, -0.05) is 18.2 Å². The van der Waals surface area contributed by atoms with Crippen molar-refractivity contribution in [2.45, 2.75) is 30.3 Å². The van der Waals surface area contributed by atoms with Crippen LogP contribution in [0.2, 0.25) is 0 Å². The molecule has 1 fully saturated rings. The van der Waals surface area contributed by atoms with Crippen LogP contribution in [0.15, 0.2) is 24.3 Å². The number of para-hydroxylation sites is 1. The van der Waals surface area contributed by atoms with Gasteiger partial charge in [0.15, 0.2) is 9.84 Å². The normalized spacial score (nSPS) is 23.5. The van der Waals surface area contributed by atoms with E-state index in [9.17, 15) is 8.42 Å². The summed E-state index contributed by atoms with van der Waals surface area (Å²) in [4.78, 5) is 0. The highest BCUT2D eigenvalue weighted by atomic mass is 32.2. The van der Waals surface area contributed by atoms with Gasteiger partial charge >= 0.3 is 0 Å². The number of nitrogens with one attached hydrogen (secondary N) is 1. The van der Waals surface area contributed by atoms with Crippen molar-refractivity contribution < 1.29 is 8.42 Å². The third-order valence-corrected chi connectivity index (χ3v) is 5.76. The summed E-state index contributed by atoms with van der Waals surface area (Å²) in [7, 11) is -3.00. The van der Waals surface area contributed by atoms with Gasteiger partial charge in [-0.15, -0.1) is 0 Å². The third-order valence-electron chi connectivity index (χ3n) is 3.39. The predicted molar refractivity (Wildman–Crippen MR) is 83.6 cm³/mol. The summed E-state index contributed by atoms with van der Waals surface area (Å²) in [5, 5.41) is 3.43. The molecule has 1 saturated heterocycles. The minimum atomic E-state index is -3.00. The van der Waals surface area contributed by atoms with Crippen LogP contribution in [0.3, 0.4) is 0 Å². The van der Waals surface area contributed by atoms with E-state index in [2.05, 4.69) is 12.2 Å². The lowest BCUT2D eigenvalue weighted by molar-refractivity contribution is 0.601. The second kappa shape index (κ2) is 5.75. The van der Waals surface area contributed by atoms with E-state index in [1.54, 1.807) is 0 Å². The molecular formula is C14H21NO2S2. The van der Waals surface area contributed by atoms with E-state index in [0.29, 0.717) is 0 Å². The summed E-state index contributed by atoms with van der Waals surface area (Å²) in [6.45, 7) is 3.16. The molecular weight excluding hydrogens is 278 g/mol. The van der Waals surface area contributed by atoms with Gasteiger partial charge in [-0.2, -0.15) is 11.8 Å². The van der Waals surface area contributed by atoms with Gasteiger partial charge in [-0.25, -0.2) is 8.42 Å². The maximum Gasteiger partial charge on any atom is 0.151 e. The van der Waals surface area contributed by atoms with Crippen molar-refractivity contribution in [3.05, 3.63) is 29.8 Å². The molecule has 19 heavy (non-hydrogen) atoms. The summed E-state index contributed by atoms with van der Waals surface area (Å²) >= 11 is 2.00. The van der Waals surface area contributed by atoms with Crippen LogP contribution in [0.5, 0.6) is 0 Å². The number of anilines is 1. The Bertz CT molecular complexity index is 534. The molecule has 1 heterocycles. The molecule has 0 bridgehead atoms. The molecule has 1 aliphatic rings. The standard InChI is InChI=1S/C14H21NO2S2/c1-14(8-5-9-18-14)11-15-13-7-4-3-6-12(13)10-19(2,16)17/h3-4,6-7,15H,5,8-11H2,1-2H3. The average molecular weight is 299 g/mol. The van der Waals surface area contributed by atoms with E-state index < -0.39 is 9.84 Å². The van der Waals surface area contributed by atoms with Crippen molar-refractivity contribution in [3.8, 4) is 0 Å². The van der Waals surface area contributed by atoms with Gasteiger partial charge in [-0.3, -0.25) is 0 Å². The molecule has 1 N–H and O–H groups in total. The second-order valence-electron chi connectivity index (χ2n) is 5.48. The predicted octanol–water partition coefficient (Wildman–Crippen LogP) is 2.93. The SMILES string of the molecule is CC1(CNc2ccccc2CS(C)(=O)=O)CCCS1. The fourth-order valence-corrected chi connectivity index (χ4v) is 4.42. The first-order valence-corrected chi connectivity index (χ1v) is 9.56. The Kier molecular flexibility index (Phi) is 4.46. The number of hydrogen-bond donors (Lipinski definition) is 1. The van der Waals surface area contributed by atoms with E-state index in [4.69, 9.17) is 0 Å². The monoisotopic (exact) mass is 299 g/mol. The van der Waals surface area contributed by atoms with E-state index in [-0.39, 0.29) is 10.5 Å². The van der Waals surface area contributed by atoms with Crippen LogP contribution in [0.25, 0.3) is 0 Å². The summed E-state index contributed by atoms with van der Waals surface area (Å²) in [6, 6.07) is 7.67. The first kappa shape index (κ1) is 14.7. The van der Waals surface area contributed by atoms with Gasteiger partial charge in [0.2, 0.25) is 0 Å². The Morgan fingerprint density at radius 1 is 1.37 bits per heavy atom. The van der Waals surface area contributed by atoms with E-state index >= 15 is 0 Å². The number of thioether (sulfide) groups is 1. The van der Waals surface area contributed by atoms with Gasteiger partial charge in [0.25, 0.3) is 0 Å². The van der Waals surface area contributed by atoms with Crippen LogP contribution in [-0.4, -0.2) is 31.7 Å². The van der Waals surface area contributed by atoms with Crippen LogP contribution in [-0.2, 0) is 15.6 Å². The minimum Gasteiger partial charge on any atom is -0.383 e. The molecule has 0 aromatic heterocycles. The summed E-state index contributed by atoms with van der Waals surface area (Å²) < 4.78 is 23.2. The number of benzene rings is 1. The van der Waals surface area contributed by atoms with Crippen LogP contribution in [0.4, 0.5) is 5.69 Å². The Hall–Kier alpha value is -0.680. The lowest BCUT2D eigenvalue weighted by Gasteiger charge is -2.24. The molecule has 2 rings (SSSR count). The Morgan fingerprint density at radius 2 is 2.11 bits per heavy atom. The summed E-state index contributed by atoms with van der Waals surface area (Å²) in [5.41, 5.74) is 1.80. The average Bonchev–Trinajstić information content (AvgIpc) is 2.74. The summed E-state index contributed by atoms with van der Waals surface area (Å²) in [5.74, 6) is 1.32. The molecule has 106 valence electrons. The van der Waals surface area contributed by atoms with Crippen molar-refractivity contribution in [2.24, 2.45) is 0 Å². The number of rotatable bonds is 5. The van der Waals surface area contributed by atoms with Crippen molar-refractivity contribution >= 4 is 27.3 Å². The van der Waals surface area contributed by atoms with Crippen molar-refractivity contribution in [1.29, 1.82) is 0 Å². The van der Waals surface area contributed by atoms with Crippen molar-refractivity contribution in [2.75, 3.05) is 23.9 Å². The topological polar surface area (TPSA) is 46.2 Å². The highest BCUT2D eigenvalue weighted by Crippen LogP contribution is 2.37. The molecule has 1 unspecified atom stereocenters. The zero-order chi connectivity index (χ0) is 13.9. The number of hydrogen-bond acceptors (Lipinski definition) is 4. The smallest absolute Gasteiger partial charge is 0.151 e. The zero-order valence-corrected chi connectivity index (χ0v) is 13.1. The maximum absolute atomic E-state index is 11.4. The first-order valence-electron chi connectivity index (χ1n) is 6.51. The van der Waals surface area contributed by atoms with Gasteiger partial charge in [0, 0.05) is 23.2 Å². The second-order valence-corrected chi connectivity index (χ2v) is 9.31. The molecule has 1 aliphatic heterocycles. The third kappa shape index (κ3) is 4.42. The maximum atomic E-state index is 11.4. The highest BCUT2D eigenvalue weighted by Gasteiger charge is 2.29. The number of sulfone groups is 1. The molecule has 1 atom stereocenters. The highest BCUT2D eigenvalue weighted by molar-refractivity contribution is 8.00. The van der Waals surface area contributed by atoms with Crippen LogP contribution < -0.4 is 5.32 Å². The largest absolute Gasteiger partial charge is 0.383 e. The van der Waals surface area contributed by atoms with Crippen molar-refractivity contribution in [3.63, 3.8) is 0 Å². The Balaban J connectivity index is 2.07. The quantitative estimate of drug-likeness (QED) is 0.908. The van der Waals surface area contributed by atoms with Gasteiger partial charge in [-0.05, 0) is 37.1 Å². The van der Waals surface area contributed by atoms with Crippen LogP contribution in [0, 0.1) is 0 Å². The van der Waals surface area contributed by atoms with E-state index in [1.165, 1.54) is 24.9 Å². The molecule has 0 radical (unpaired) electrons. The summed E-state index contributed by atoms with van der Waals surface area (Å²) in [6.07, 6.45) is 3.77. The fraction of sp³-hybridized carbons (Fsp3) is 0.571. The molecule has 0 amide bonds. The molecule has 0 aliphatic carbocycles. The molecule has 1 aromatic rings. The van der Waals surface area contributed by atoms with Gasteiger partial charge in [0.05, 0.1) is 5.75 Å². The minimum absolute atomic E-state index is 0.0973. The van der Waals surface area contributed by atoms with E-state index in [0.717, 1.165) is 17.8 Å². The molecule has 0 saturated carbocycles. The molecule has 0 spiro atoms. The van der Waals surface area contributed by atoms with Gasteiger partial charge in [0.1, 0.15) is 0 Å². The fourth-order valence-electron chi connectivity index (χ4n) is 2.36. The van der Waals surface area contributed by atoms with Crippen LogP contribution in [0.1, 0.15) is 25.3 Å². The first-order chi connectivity index (χ1) is 8.88. The Labute approximate surface area is 120 Å². The van der Waals surface area contributed by atoms with Crippen LogP contribution >= 0.6 is 11.8 Å². The Morgan fingerprint density at radius 3 is 2.74 bits per heavy atom. The molecule has 3 nitrogen and oxygen atoms in total. The lowest BCUT2D eigenvalue weighted by atomic mass is 10.1. The lowest BCUT2D eigenvalue weighted by Crippen LogP contribution is -2.27. The molecule has 5 heteroatoms.